The van der Waals surface area contributed by atoms with E-state index in [1.807, 2.05) is 18.2 Å². The van der Waals surface area contributed by atoms with E-state index in [2.05, 4.69) is 37.6 Å². The van der Waals surface area contributed by atoms with Crippen molar-refractivity contribution in [2.75, 3.05) is 29.9 Å². The molecule has 1 aliphatic carbocycles. The lowest BCUT2D eigenvalue weighted by molar-refractivity contribution is 0.292. The zero-order chi connectivity index (χ0) is 24.8. The van der Waals surface area contributed by atoms with Crippen LogP contribution in [-0.2, 0) is 5.41 Å². The average molecular weight is 540 g/mol. The van der Waals surface area contributed by atoms with Crippen LogP contribution < -0.4 is 15.5 Å². The van der Waals surface area contributed by atoms with E-state index in [0.717, 1.165) is 48.3 Å². The minimum atomic E-state index is 0.0127. The maximum absolute atomic E-state index is 6.35. The first-order valence-corrected chi connectivity index (χ1v) is 14.1. The zero-order valence-electron chi connectivity index (χ0n) is 20.1. The molecule has 0 bridgehead atoms. The van der Waals surface area contributed by atoms with Gasteiger partial charge in [0.25, 0.3) is 0 Å². The van der Waals surface area contributed by atoms with Gasteiger partial charge in [-0.15, -0.1) is 0 Å². The third kappa shape index (κ3) is 6.25. The van der Waals surface area contributed by atoms with E-state index in [1.165, 1.54) is 49.4 Å². The van der Waals surface area contributed by atoms with Gasteiger partial charge in [-0.1, -0.05) is 43.0 Å². The SMILES string of the molecule is S=C(NCC1(c2cccc(Cl)c2)CCCCC1)Nc1nc(Sc2ncccn2)cc(N2CCCC2)n1. The summed E-state index contributed by atoms with van der Waals surface area (Å²) in [5, 5.41) is 9.44. The van der Waals surface area contributed by atoms with Crippen molar-refractivity contribution >= 4 is 52.5 Å². The van der Waals surface area contributed by atoms with E-state index >= 15 is 0 Å². The summed E-state index contributed by atoms with van der Waals surface area (Å²) < 4.78 is 0. The van der Waals surface area contributed by atoms with Gasteiger partial charge in [-0.25, -0.2) is 15.0 Å². The summed E-state index contributed by atoms with van der Waals surface area (Å²) in [5.74, 6) is 1.38. The fraction of sp³-hybridized carbons (Fsp3) is 0.423. The van der Waals surface area contributed by atoms with Crippen LogP contribution in [0.15, 0.2) is 59.0 Å². The Labute approximate surface area is 226 Å². The first-order valence-electron chi connectivity index (χ1n) is 12.5. The Morgan fingerprint density at radius 2 is 1.78 bits per heavy atom. The molecule has 1 saturated heterocycles. The largest absolute Gasteiger partial charge is 0.361 e. The lowest BCUT2D eigenvalue weighted by Gasteiger charge is -2.38. The van der Waals surface area contributed by atoms with Gasteiger partial charge in [0.15, 0.2) is 10.3 Å². The van der Waals surface area contributed by atoms with Gasteiger partial charge < -0.3 is 15.5 Å². The molecule has 0 spiro atoms. The predicted molar refractivity (Wildman–Crippen MR) is 150 cm³/mol. The Morgan fingerprint density at radius 3 is 2.53 bits per heavy atom. The average Bonchev–Trinajstić information content (AvgIpc) is 3.44. The van der Waals surface area contributed by atoms with Crippen LogP contribution >= 0.6 is 35.6 Å². The Bertz CT molecular complexity index is 1180. The summed E-state index contributed by atoms with van der Waals surface area (Å²) >= 11 is 13.5. The Morgan fingerprint density at radius 1 is 1.00 bits per heavy atom. The van der Waals surface area contributed by atoms with Gasteiger partial charge in [-0.3, -0.25) is 0 Å². The normalized spacial score (nSPS) is 17.1. The third-order valence-corrected chi connectivity index (χ3v) is 8.21. The van der Waals surface area contributed by atoms with Crippen LogP contribution in [-0.4, -0.2) is 44.7 Å². The molecule has 2 aromatic heterocycles. The van der Waals surface area contributed by atoms with Crippen molar-refractivity contribution in [3.63, 3.8) is 0 Å². The van der Waals surface area contributed by atoms with Crippen LogP contribution in [0.25, 0.3) is 0 Å². The van der Waals surface area contributed by atoms with Crippen molar-refractivity contribution in [3.05, 3.63) is 59.4 Å². The number of nitrogens with zero attached hydrogens (tertiary/aromatic N) is 5. The molecule has 7 nitrogen and oxygen atoms in total. The number of hydrogen-bond acceptors (Lipinski definition) is 7. The molecule has 2 fully saturated rings. The lowest BCUT2D eigenvalue weighted by atomic mass is 9.69. The summed E-state index contributed by atoms with van der Waals surface area (Å²) in [6.45, 7) is 2.73. The zero-order valence-corrected chi connectivity index (χ0v) is 22.5. The maximum Gasteiger partial charge on any atom is 0.232 e. The molecular formula is C26H30ClN7S2. The molecule has 0 amide bonds. The Hall–Kier alpha value is -2.49. The van der Waals surface area contributed by atoms with Crippen molar-refractivity contribution in [1.29, 1.82) is 0 Å². The topological polar surface area (TPSA) is 78.9 Å². The van der Waals surface area contributed by atoms with Crippen LogP contribution in [0.4, 0.5) is 11.8 Å². The van der Waals surface area contributed by atoms with Crippen LogP contribution in [0.2, 0.25) is 5.02 Å². The molecule has 10 heteroatoms. The van der Waals surface area contributed by atoms with Gasteiger partial charge in [0.1, 0.15) is 10.8 Å². The number of nitrogens with one attached hydrogen (secondary N) is 2. The highest BCUT2D eigenvalue weighted by Crippen LogP contribution is 2.39. The molecule has 1 aromatic carbocycles. The highest BCUT2D eigenvalue weighted by molar-refractivity contribution is 7.99. The van der Waals surface area contributed by atoms with Crippen molar-refractivity contribution in [1.82, 2.24) is 25.3 Å². The molecule has 5 rings (SSSR count). The summed E-state index contributed by atoms with van der Waals surface area (Å²) in [4.78, 5) is 20.4. The van der Waals surface area contributed by atoms with E-state index in [4.69, 9.17) is 33.8 Å². The number of thiocarbonyl (C=S) groups is 1. The molecule has 1 aliphatic heterocycles. The number of benzene rings is 1. The molecule has 3 aromatic rings. The monoisotopic (exact) mass is 539 g/mol. The molecule has 2 N–H and O–H groups in total. The summed E-state index contributed by atoms with van der Waals surface area (Å²) in [5.41, 5.74) is 1.29. The molecule has 0 unspecified atom stereocenters. The molecule has 36 heavy (non-hydrogen) atoms. The Kier molecular flexibility index (Phi) is 8.19. The second-order valence-corrected chi connectivity index (χ2v) is 11.2. The third-order valence-electron chi connectivity index (χ3n) is 6.92. The summed E-state index contributed by atoms with van der Waals surface area (Å²) in [7, 11) is 0. The lowest BCUT2D eigenvalue weighted by Crippen LogP contribution is -2.43. The molecule has 0 radical (unpaired) electrons. The van der Waals surface area contributed by atoms with Crippen LogP contribution in [0, 0.1) is 0 Å². The van der Waals surface area contributed by atoms with E-state index in [9.17, 15) is 0 Å². The number of aromatic nitrogens is 4. The summed E-state index contributed by atoms with van der Waals surface area (Å²) in [6.07, 6.45) is 11.7. The fourth-order valence-corrected chi connectivity index (χ4v) is 6.13. The highest BCUT2D eigenvalue weighted by Gasteiger charge is 2.34. The van der Waals surface area contributed by atoms with Gasteiger partial charge in [-0.05, 0) is 73.4 Å². The van der Waals surface area contributed by atoms with E-state index in [0.29, 0.717) is 16.2 Å². The first kappa shape index (κ1) is 25.2. The molecule has 2 aliphatic rings. The number of halogens is 1. The van der Waals surface area contributed by atoms with E-state index < -0.39 is 0 Å². The standard InChI is InChI=1S/C26H30ClN7S2/c27-20-9-6-8-19(16-20)26(10-2-1-3-11-26)18-30-24(35)33-23-31-21(34-14-4-5-15-34)17-22(32-23)36-25-28-12-7-13-29-25/h6-9,12-13,16-17H,1-5,10-11,14-15,18H2,(H2,30,31,32,33,35). The second-order valence-electron chi connectivity index (χ2n) is 9.37. The molecule has 3 heterocycles. The van der Waals surface area contributed by atoms with Gasteiger partial charge in [0, 0.05) is 48.5 Å². The van der Waals surface area contributed by atoms with Crippen molar-refractivity contribution in [2.45, 2.75) is 60.5 Å². The smallest absolute Gasteiger partial charge is 0.232 e. The predicted octanol–water partition coefficient (Wildman–Crippen LogP) is 5.86. The van der Waals surface area contributed by atoms with Crippen molar-refractivity contribution < 1.29 is 0 Å². The minimum Gasteiger partial charge on any atom is -0.361 e. The fourth-order valence-electron chi connectivity index (χ4n) is 5.07. The number of anilines is 2. The minimum absolute atomic E-state index is 0.0127. The number of hydrogen-bond donors (Lipinski definition) is 2. The maximum atomic E-state index is 6.35. The first-order chi connectivity index (χ1) is 17.6. The van der Waals surface area contributed by atoms with Crippen molar-refractivity contribution in [2.24, 2.45) is 0 Å². The number of rotatable bonds is 7. The van der Waals surface area contributed by atoms with Gasteiger partial charge in [0.2, 0.25) is 5.95 Å². The van der Waals surface area contributed by atoms with Crippen LogP contribution in [0.3, 0.4) is 0 Å². The van der Waals surface area contributed by atoms with E-state index in [1.54, 1.807) is 18.5 Å². The second kappa shape index (κ2) is 11.7. The molecular weight excluding hydrogens is 510 g/mol. The highest BCUT2D eigenvalue weighted by atomic mass is 35.5. The van der Waals surface area contributed by atoms with Crippen LogP contribution in [0.1, 0.15) is 50.5 Å². The Balaban J connectivity index is 1.32. The van der Waals surface area contributed by atoms with E-state index in [-0.39, 0.29) is 5.41 Å². The molecule has 188 valence electrons. The van der Waals surface area contributed by atoms with Gasteiger partial charge >= 0.3 is 0 Å². The summed E-state index contributed by atoms with van der Waals surface area (Å²) in [6, 6.07) is 12.1. The van der Waals surface area contributed by atoms with Crippen molar-refractivity contribution in [3.8, 4) is 0 Å². The molecule has 1 saturated carbocycles. The van der Waals surface area contributed by atoms with Gasteiger partial charge in [0.05, 0.1) is 0 Å². The van der Waals surface area contributed by atoms with Gasteiger partial charge in [-0.2, -0.15) is 4.98 Å². The molecule has 0 atom stereocenters. The quantitative estimate of drug-likeness (QED) is 0.218. The van der Waals surface area contributed by atoms with Crippen LogP contribution in [0.5, 0.6) is 0 Å².